The minimum Gasteiger partial charge on any atom is -0.294 e. The van der Waals surface area contributed by atoms with E-state index in [0.29, 0.717) is 18.4 Å². The van der Waals surface area contributed by atoms with Crippen molar-refractivity contribution in [3.63, 3.8) is 0 Å². The normalized spacial score (nSPS) is 19.4. The number of carbonyl (C=O) groups excluding carboxylic acids is 1. The Labute approximate surface area is 96.5 Å². The Morgan fingerprint density at radius 1 is 1.27 bits per heavy atom. The van der Waals surface area contributed by atoms with Gasteiger partial charge in [-0.05, 0) is 24.6 Å². The van der Waals surface area contributed by atoms with Crippen molar-refractivity contribution < 1.29 is 13.2 Å². The molecule has 2 rings (SSSR count). The van der Waals surface area contributed by atoms with E-state index in [1.807, 2.05) is 0 Å². The Balaban J connectivity index is 2.73. The molecule has 1 aromatic carbocycles. The van der Waals surface area contributed by atoms with Crippen LogP contribution in [0.1, 0.15) is 23.2 Å². The molecule has 1 heterocycles. The monoisotopic (exact) mass is 288 g/mol. The van der Waals surface area contributed by atoms with E-state index in [4.69, 9.17) is 0 Å². The molecule has 15 heavy (non-hydrogen) atoms. The van der Waals surface area contributed by atoms with Crippen LogP contribution in [0, 0.1) is 0 Å². The molecule has 0 fully saturated rings. The van der Waals surface area contributed by atoms with E-state index in [2.05, 4.69) is 15.9 Å². The lowest BCUT2D eigenvalue weighted by atomic mass is 10.1. The first-order chi connectivity index (χ1) is 7.00. The van der Waals surface area contributed by atoms with Crippen LogP contribution in [-0.4, -0.2) is 20.0 Å². The molecule has 0 saturated carbocycles. The third-order valence-electron chi connectivity index (χ3n) is 2.39. The first kappa shape index (κ1) is 10.8. The fourth-order valence-corrected chi connectivity index (χ4v) is 3.55. The Morgan fingerprint density at radius 2 is 2.00 bits per heavy atom. The minimum absolute atomic E-state index is 0.0629. The topological polar surface area (TPSA) is 51.2 Å². The van der Waals surface area contributed by atoms with Crippen LogP contribution in [-0.2, 0) is 9.84 Å². The minimum atomic E-state index is -3.27. The van der Waals surface area contributed by atoms with Crippen molar-refractivity contribution in [3.8, 4) is 0 Å². The van der Waals surface area contributed by atoms with Crippen LogP contribution in [0.3, 0.4) is 0 Å². The van der Waals surface area contributed by atoms with Crippen LogP contribution < -0.4 is 0 Å². The zero-order valence-corrected chi connectivity index (χ0v) is 10.3. The van der Waals surface area contributed by atoms with E-state index >= 15 is 0 Å². The highest BCUT2D eigenvalue weighted by Gasteiger charge is 2.26. The molecule has 1 aliphatic rings. The summed E-state index contributed by atoms with van der Waals surface area (Å²) >= 11 is 3.23. The molecule has 1 aromatic rings. The second-order valence-electron chi connectivity index (χ2n) is 3.49. The fraction of sp³-hybridized carbons (Fsp3) is 0.300. The van der Waals surface area contributed by atoms with Gasteiger partial charge in [0.15, 0.2) is 15.6 Å². The third-order valence-corrected chi connectivity index (χ3v) is 4.74. The average molecular weight is 289 g/mol. The number of ketones is 1. The number of rotatable bonds is 0. The summed E-state index contributed by atoms with van der Waals surface area (Å²) in [6.45, 7) is 0. The second kappa shape index (κ2) is 3.72. The van der Waals surface area contributed by atoms with Gasteiger partial charge < -0.3 is 0 Å². The molecule has 0 radical (unpaired) electrons. The summed E-state index contributed by atoms with van der Waals surface area (Å²) in [6.07, 6.45) is 0.718. The van der Waals surface area contributed by atoms with Crippen LogP contribution in [0.25, 0.3) is 0 Å². The van der Waals surface area contributed by atoms with Gasteiger partial charge in [-0.1, -0.05) is 15.9 Å². The first-order valence-electron chi connectivity index (χ1n) is 4.56. The van der Waals surface area contributed by atoms with Gasteiger partial charge in [0.2, 0.25) is 0 Å². The summed E-state index contributed by atoms with van der Waals surface area (Å²) in [4.78, 5) is 11.8. The third kappa shape index (κ3) is 1.99. The summed E-state index contributed by atoms with van der Waals surface area (Å²) < 4.78 is 24.3. The first-order valence-corrected chi connectivity index (χ1v) is 7.01. The van der Waals surface area contributed by atoms with Crippen molar-refractivity contribution in [1.29, 1.82) is 0 Å². The molecule has 0 N–H and O–H groups in total. The van der Waals surface area contributed by atoms with Crippen molar-refractivity contribution in [2.24, 2.45) is 0 Å². The number of carbonyl (C=O) groups is 1. The summed E-state index contributed by atoms with van der Waals surface area (Å²) in [6, 6.07) is 4.73. The van der Waals surface area contributed by atoms with Crippen molar-refractivity contribution >= 4 is 31.6 Å². The van der Waals surface area contributed by atoms with Crippen LogP contribution in [0.4, 0.5) is 0 Å². The smallest absolute Gasteiger partial charge is 0.179 e. The van der Waals surface area contributed by atoms with Gasteiger partial charge in [-0.15, -0.1) is 0 Å². The van der Waals surface area contributed by atoms with Gasteiger partial charge in [0.25, 0.3) is 0 Å². The number of hydrogen-bond acceptors (Lipinski definition) is 3. The number of sulfone groups is 1. The molecule has 1 aliphatic heterocycles. The van der Waals surface area contributed by atoms with Crippen molar-refractivity contribution in [3.05, 3.63) is 28.2 Å². The van der Waals surface area contributed by atoms with Gasteiger partial charge in [0.05, 0.1) is 10.6 Å². The number of benzene rings is 1. The van der Waals surface area contributed by atoms with Crippen molar-refractivity contribution in [1.82, 2.24) is 0 Å². The SMILES string of the molecule is O=C1CCCS(=O)(=O)c2ccc(Br)cc21. The van der Waals surface area contributed by atoms with E-state index in [0.717, 1.165) is 4.47 Å². The van der Waals surface area contributed by atoms with E-state index < -0.39 is 9.84 Å². The molecule has 0 unspecified atom stereocenters. The lowest BCUT2D eigenvalue weighted by molar-refractivity contribution is 0.0980. The summed E-state index contributed by atoms with van der Waals surface area (Å²) in [7, 11) is -3.27. The lowest BCUT2D eigenvalue weighted by Gasteiger charge is -2.04. The molecule has 0 amide bonds. The van der Waals surface area contributed by atoms with E-state index in [1.165, 1.54) is 6.07 Å². The molecule has 3 nitrogen and oxygen atoms in total. The number of fused-ring (bicyclic) bond motifs is 1. The molecule has 0 aromatic heterocycles. The average Bonchev–Trinajstić information content (AvgIpc) is 2.25. The Kier molecular flexibility index (Phi) is 2.68. The Morgan fingerprint density at radius 3 is 2.73 bits per heavy atom. The molecule has 0 spiro atoms. The fourth-order valence-electron chi connectivity index (χ4n) is 1.66. The predicted molar refractivity (Wildman–Crippen MR) is 59.8 cm³/mol. The van der Waals surface area contributed by atoms with Gasteiger partial charge in [-0.3, -0.25) is 4.79 Å². The van der Waals surface area contributed by atoms with E-state index in [-0.39, 0.29) is 16.4 Å². The van der Waals surface area contributed by atoms with Crippen LogP contribution in [0.15, 0.2) is 27.6 Å². The quantitative estimate of drug-likeness (QED) is 0.735. The van der Waals surface area contributed by atoms with E-state index in [9.17, 15) is 13.2 Å². The maximum Gasteiger partial charge on any atom is 0.179 e. The standard InChI is InChI=1S/C10H9BrO3S/c11-7-3-4-10-8(6-7)9(12)2-1-5-15(10,13)14/h3-4,6H,1-2,5H2. The molecular formula is C10H9BrO3S. The Bertz CT molecular complexity index is 519. The molecule has 80 valence electrons. The second-order valence-corrected chi connectivity index (χ2v) is 6.48. The molecule has 5 heteroatoms. The number of hydrogen-bond donors (Lipinski definition) is 0. The summed E-state index contributed by atoms with van der Waals surface area (Å²) in [5.74, 6) is -0.0275. The molecule has 0 saturated heterocycles. The van der Waals surface area contributed by atoms with Gasteiger partial charge in [-0.25, -0.2) is 8.42 Å². The van der Waals surface area contributed by atoms with Crippen molar-refractivity contribution in [2.75, 3.05) is 5.75 Å². The van der Waals surface area contributed by atoms with Gasteiger partial charge >= 0.3 is 0 Å². The number of Topliss-reactive ketones (excluding diaryl/α,β-unsaturated/α-hetero) is 1. The van der Waals surface area contributed by atoms with Crippen LogP contribution in [0.2, 0.25) is 0 Å². The molecule has 0 atom stereocenters. The zero-order valence-electron chi connectivity index (χ0n) is 7.86. The van der Waals surface area contributed by atoms with Crippen LogP contribution >= 0.6 is 15.9 Å². The lowest BCUT2D eigenvalue weighted by Crippen LogP contribution is -2.06. The van der Waals surface area contributed by atoms with Crippen molar-refractivity contribution in [2.45, 2.75) is 17.7 Å². The maximum atomic E-state index is 11.8. The highest BCUT2D eigenvalue weighted by atomic mass is 79.9. The highest BCUT2D eigenvalue weighted by Crippen LogP contribution is 2.26. The maximum absolute atomic E-state index is 11.8. The Hall–Kier alpha value is -0.680. The van der Waals surface area contributed by atoms with E-state index in [1.54, 1.807) is 12.1 Å². The molecule has 0 aliphatic carbocycles. The summed E-state index contributed by atoms with van der Waals surface area (Å²) in [5.41, 5.74) is 0.321. The van der Waals surface area contributed by atoms with Gasteiger partial charge in [0.1, 0.15) is 0 Å². The predicted octanol–water partition coefficient (Wildman–Crippen LogP) is 2.20. The molecular weight excluding hydrogens is 280 g/mol. The number of halogens is 1. The molecule has 0 bridgehead atoms. The zero-order chi connectivity index (χ0) is 11.1. The highest BCUT2D eigenvalue weighted by molar-refractivity contribution is 9.10. The van der Waals surface area contributed by atoms with Gasteiger partial charge in [-0.2, -0.15) is 0 Å². The van der Waals surface area contributed by atoms with Gasteiger partial charge in [0, 0.05) is 16.5 Å². The van der Waals surface area contributed by atoms with Crippen LogP contribution in [0.5, 0.6) is 0 Å². The largest absolute Gasteiger partial charge is 0.294 e. The summed E-state index contributed by atoms with van der Waals surface area (Å²) in [5, 5.41) is 0.